The molecule has 1 aromatic rings. The Hall–Kier alpha value is -1.42. The topological polar surface area (TPSA) is 75.2 Å². The molecule has 1 fully saturated rings. The Labute approximate surface area is 189 Å². The number of amides is 1. The summed E-state index contributed by atoms with van der Waals surface area (Å²) < 4.78 is 10.7. The van der Waals surface area contributed by atoms with Crippen LogP contribution in [0.25, 0.3) is 0 Å². The summed E-state index contributed by atoms with van der Waals surface area (Å²) in [4.78, 5) is 18.1. The summed E-state index contributed by atoms with van der Waals surface area (Å²) in [6.07, 6.45) is 1.49. The van der Waals surface area contributed by atoms with E-state index < -0.39 is 0 Å². The average molecular weight is 525 g/mol. The van der Waals surface area contributed by atoms with Gasteiger partial charge >= 0.3 is 6.09 Å². The van der Waals surface area contributed by atoms with E-state index in [1.165, 1.54) is 0 Å². The van der Waals surface area contributed by atoms with Gasteiger partial charge in [-0.1, -0.05) is 23.7 Å². The highest BCUT2D eigenvalue weighted by Crippen LogP contribution is 2.22. The SMILES string of the molecule is CCNC(=NCCOc1ccccc1Cl)NC1CCN(C(=O)OCC)CC1.I. The van der Waals surface area contributed by atoms with Crippen LogP contribution < -0.4 is 15.4 Å². The van der Waals surface area contributed by atoms with Crippen molar-refractivity contribution >= 4 is 47.6 Å². The van der Waals surface area contributed by atoms with Gasteiger partial charge in [0.2, 0.25) is 0 Å². The summed E-state index contributed by atoms with van der Waals surface area (Å²) in [5.74, 6) is 1.42. The lowest BCUT2D eigenvalue weighted by atomic mass is 10.1. The molecule has 2 rings (SSSR count). The Bertz CT molecular complexity index is 625. The Kier molecular flexibility index (Phi) is 12.1. The van der Waals surface area contributed by atoms with Crippen molar-refractivity contribution in [3.63, 3.8) is 0 Å². The molecule has 0 aromatic heterocycles. The van der Waals surface area contributed by atoms with Crippen molar-refractivity contribution in [3.8, 4) is 5.75 Å². The summed E-state index contributed by atoms with van der Waals surface area (Å²) in [5.41, 5.74) is 0. The van der Waals surface area contributed by atoms with Gasteiger partial charge < -0.3 is 25.0 Å². The van der Waals surface area contributed by atoms with Crippen molar-refractivity contribution in [1.82, 2.24) is 15.5 Å². The highest BCUT2D eigenvalue weighted by Gasteiger charge is 2.23. The molecule has 0 radical (unpaired) electrons. The van der Waals surface area contributed by atoms with Gasteiger partial charge in [-0.2, -0.15) is 0 Å². The molecule has 7 nitrogen and oxygen atoms in total. The summed E-state index contributed by atoms with van der Waals surface area (Å²) in [6.45, 7) is 7.37. The molecule has 1 heterocycles. The maximum atomic E-state index is 11.8. The molecule has 1 amide bonds. The van der Waals surface area contributed by atoms with Crippen molar-refractivity contribution in [3.05, 3.63) is 29.3 Å². The number of halogens is 2. The van der Waals surface area contributed by atoms with E-state index in [2.05, 4.69) is 15.6 Å². The molecule has 9 heteroatoms. The number of carbonyl (C=O) groups is 1. The minimum atomic E-state index is -0.228. The lowest BCUT2D eigenvalue weighted by Gasteiger charge is -2.32. The Morgan fingerprint density at radius 1 is 1.29 bits per heavy atom. The standard InChI is InChI=1S/C19H29ClN4O3.HI/c1-3-21-18(22-11-14-27-17-8-6-5-7-16(17)20)23-15-9-12-24(13-10-15)19(25)26-4-2;/h5-8,15H,3-4,9-14H2,1-2H3,(H2,21,22,23);1H. The number of nitrogens with one attached hydrogen (secondary N) is 2. The maximum Gasteiger partial charge on any atom is 0.409 e. The van der Waals surface area contributed by atoms with Crippen LogP contribution in [0.1, 0.15) is 26.7 Å². The largest absolute Gasteiger partial charge is 0.490 e. The Morgan fingerprint density at radius 3 is 2.64 bits per heavy atom. The fourth-order valence-electron chi connectivity index (χ4n) is 2.81. The molecule has 0 aliphatic carbocycles. The van der Waals surface area contributed by atoms with Crippen LogP contribution in [0.15, 0.2) is 29.3 Å². The molecule has 2 N–H and O–H groups in total. The second-order valence-electron chi connectivity index (χ2n) is 6.14. The Balaban J connectivity index is 0.00000392. The third-order valence-electron chi connectivity index (χ3n) is 4.16. The number of hydrogen-bond acceptors (Lipinski definition) is 4. The zero-order chi connectivity index (χ0) is 19.5. The number of guanidine groups is 1. The molecular weight excluding hydrogens is 495 g/mol. The molecule has 1 aliphatic rings. The molecule has 28 heavy (non-hydrogen) atoms. The minimum Gasteiger partial charge on any atom is -0.490 e. The zero-order valence-corrected chi connectivity index (χ0v) is 19.5. The third kappa shape index (κ3) is 8.30. The Morgan fingerprint density at radius 2 is 2.00 bits per heavy atom. The van der Waals surface area contributed by atoms with E-state index in [1.54, 1.807) is 11.0 Å². The molecule has 1 saturated heterocycles. The van der Waals surface area contributed by atoms with Crippen molar-refractivity contribution in [1.29, 1.82) is 0 Å². The number of para-hydroxylation sites is 1. The fraction of sp³-hybridized carbons (Fsp3) is 0.579. The first-order valence-electron chi connectivity index (χ1n) is 9.47. The summed E-state index contributed by atoms with van der Waals surface area (Å²) in [5, 5.41) is 7.28. The van der Waals surface area contributed by atoms with Gasteiger partial charge in [-0.15, -0.1) is 24.0 Å². The van der Waals surface area contributed by atoms with Crippen LogP contribution in [0.5, 0.6) is 5.75 Å². The van der Waals surface area contributed by atoms with Gasteiger partial charge in [-0.05, 0) is 38.8 Å². The van der Waals surface area contributed by atoms with Gasteiger partial charge in [-0.25, -0.2) is 9.79 Å². The van der Waals surface area contributed by atoms with Crippen molar-refractivity contribution in [2.24, 2.45) is 4.99 Å². The van der Waals surface area contributed by atoms with E-state index in [0.29, 0.717) is 43.6 Å². The number of carbonyl (C=O) groups excluding carboxylic acids is 1. The van der Waals surface area contributed by atoms with Crippen molar-refractivity contribution in [2.45, 2.75) is 32.7 Å². The van der Waals surface area contributed by atoms with Crippen LogP contribution in [-0.2, 0) is 4.74 Å². The number of piperidine rings is 1. The molecular formula is C19H30ClIN4O3. The number of aliphatic imine (C=N–C) groups is 1. The second-order valence-corrected chi connectivity index (χ2v) is 6.55. The monoisotopic (exact) mass is 524 g/mol. The maximum absolute atomic E-state index is 11.8. The first kappa shape index (κ1) is 24.6. The molecule has 158 valence electrons. The van der Waals surface area contributed by atoms with Crippen LogP contribution in [0, 0.1) is 0 Å². The van der Waals surface area contributed by atoms with Gasteiger partial charge in [0.15, 0.2) is 5.96 Å². The molecule has 0 spiro atoms. The van der Waals surface area contributed by atoms with E-state index in [4.69, 9.17) is 21.1 Å². The molecule has 1 aliphatic heterocycles. The van der Waals surface area contributed by atoms with E-state index >= 15 is 0 Å². The van der Waals surface area contributed by atoms with Gasteiger partial charge in [0.25, 0.3) is 0 Å². The van der Waals surface area contributed by atoms with Crippen LogP contribution in [0.3, 0.4) is 0 Å². The summed E-state index contributed by atoms with van der Waals surface area (Å²) >= 11 is 6.08. The number of ether oxygens (including phenoxy) is 2. The predicted molar refractivity (Wildman–Crippen MR) is 123 cm³/mol. The average Bonchev–Trinajstić information content (AvgIpc) is 2.67. The van der Waals surface area contributed by atoms with Gasteiger partial charge in [-0.3, -0.25) is 0 Å². The van der Waals surface area contributed by atoms with Crippen molar-refractivity contribution in [2.75, 3.05) is 39.4 Å². The van der Waals surface area contributed by atoms with Crippen LogP contribution in [0.4, 0.5) is 4.79 Å². The normalized spacial score (nSPS) is 14.8. The highest BCUT2D eigenvalue weighted by atomic mass is 127. The van der Waals surface area contributed by atoms with E-state index in [0.717, 1.165) is 25.3 Å². The van der Waals surface area contributed by atoms with Gasteiger partial charge in [0.05, 0.1) is 18.2 Å². The fourth-order valence-corrected chi connectivity index (χ4v) is 3.00. The lowest BCUT2D eigenvalue weighted by Crippen LogP contribution is -2.50. The summed E-state index contributed by atoms with van der Waals surface area (Å²) in [7, 11) is 0. The molecule has 0 saturated carbocycles. The van der Waals surface area contributed by atoms with E-state index in [-0.39, 0.29) is 36.1 Å². The molecule has 1 aromatic carbocycles. The van der Waals surface area contributed by atoms with E-state index in [1.807, 2.05) is 32.0 Å². The lowest BCUT2D eigenvalue weighted by molar-refractivity contribution is 0.0963. The zero-order valence-electron chi connectivity index (χ0n) is 16.4. The smallest absolute Gasteiger partial charge is 0.409 e. The summed E-state index contributed by atoms with van der Waals surface area (Å²) in [6, 6.07) is 7.67. The molecule has 0 unspecified atom stereocenters. The minimum absolute atomic E-state index is 0. The van der Waals surface area contributed by atoms with Crippen LogP contribution >= 0.6 is 35.6 Å². The van der Waals surface area contributed by atoms with Gasteiger partial charge in [0, 0.05) is 25.7 Å². The van der Waals surface area contributed by atoms with Gasteiger partial charge in [0.1, 0.15) is 12.4 Å². The highest BCUT2D eigenvalue weighted by molar-refractivity contribution is 14.0. The number of likely N-dealkylation sites (tertiary alicyclic amines) is 1. The molecule has 0 atom stereocenters. The molecule has 0 bridgehead atoms. The first-order valence-corrected chi connectivity index (χ1v) is 9.85. The first-order chi connectivity index (χ1) is 13.1. The predicted octanol–water partition coefficient (Wildman–Crippen LogP) is 3.51. The number of hydrogen-bond donors (Lipinski definition) is 2. The third-order valence-corrected chi connectivity index (χ3v) is 4.47. The van der Waals surface area contributed by atoms with Crippen LogP contribution in [0.2, 0.25) is 5.02 Å². The number of rotatable bonds is 7. The number of benzene rings is 1. The van der Waals surface area contributed by atoms with Crippen molar-refractivity contribution < 1.29 is 14.3 Å². The van der Waals surface area contributed by atoms with E-state index in [9.17, 15) is 4.79 Å². The van der Waals surface area contributed by atoms with Crippen LogP contribution in [-0.4, -0.2) is 62.4 Å². The quantitative estimate of drug-likeness (QED) is 0.247. The number of nitrogens with zero attached hydrogens (tertiary/aromatic N) is 2. The second kappa shape index (κ2) is 13.7.